The van der Waals surface area contributed by atoms with Gasteiger partial charge in [0.25, 0.3) is 11.8 Å². The summed E-state index contributed by atoms with van der Waals surface area (Å²) in [5.41, 5.74) is 1.64. The Morgan fingerprint density at radius 2 is 1.54 bits per heavy atom. The predicted octanol–water partition coefficient (Wildman–Crippen LogP) is 3.17. The molecular weight excluding hydrogens is 356 g/mol. The Balaban J connectivity index is 1.44. The van der Waals surface area contributed by atoms with E-state index in [2.05, 4.69) is 5.32 Å². The van der Waals surface area contributed by atoms with E-state index in [0.29, 0.717) is 16.9 Å². The van der Waals surface area contributed by atoms with Gasteiger partial charge in [0.1, 0.15) is 11.8 Å². The lowest BCUT2D eigenvalue weighted by atomic mass is 10.0. The quantitative estimate of drug-likeness (QED) is 0.672. The van der Waals surface area contributed by atoms with Crippen LogP contribution in [0.25, 0.3) is 0 Å². The molecule has 3 amide bonds. The van der Waals surface area contributed by atoms with Gasteiger partial charge in [0, 0.05) is 13.0 Å². The molecule has 2 heterocycles. The Bertz CT molecular complexity index is 977. The van der Waals surface area contributed by atoms with Gasteiger partial charge < -0.3 is 9.73 Å². The average molecular weight is 374 g/mol. The Morgan fingerprint density at radius 1 is 0.893 bits per heavy atom. The topological polar surface area (TPSA) is 79.6 Å². The minimum atomic E-state index is -0.439. The summed E-state index contributed by atoms with van der Waals surface area (Å²) >= 11 is 0. The van der Waals surface area contributed by atoms with Crippen molar-refractivity contribution in [1.29, 1.82) is 0 Å². The number of hydrogen-bond donors (Lipinski definition) is 1. The van der Waals surface area contributed by atoms with Crippen LogP contribution in [0, 0.1) is 0 Å². The lowest BCUT2D eigenvalue weighted by molar-refractivity contribution is -0.121. The molecule has 1 aromatic heterocycles. The number of furan rings is 1. The van der Waals surface area contributed by atoms with Crippen LogP contribution < -0.4 is 5.32 Å². The van der Waals surface area contributed by atoms with Gasteiger partial charge in [-0.25, -0.2) is 0 Å². The number of carbonyl (C=O) groups excluding carboxylic acids is 3. The maximum absolute atomic E-state index is 12.6. The van der Waals surface area contributed by atoms with E-state index in [4.69, 9.17) is 4.42 Å². The smallest absolute Gasteiger partial charge is 0.261 e. The summed E-state index contributed by atoms with van der Waals surface area (Å²) in [4.78, 5) is 38.5. The van der Waals surface area contributed by atoms with Gasteiger partial charge in [0.2, 0.25) is 5.91 Å². The highest BCUT2D eigenvalue weighted by atomic mass is 16.3. The van der Waals surface area contributed by atoms with Gasteiger partial charge in [-0.3, -0.25) is 19.3 Å². The molecule has 1 atom stereocenters. The zero-order valence-electron chi connectivity index (χ0n) is 15.0. The maximum atomic E-state index is 12.6. The zero-order valence-corrected chi connectivity index (χ0v) is 15.0. The van der Waals surface area contributed by atoms with Crippen molar-refractivity contribution in [2.45, 2.75) is 12.5 Å². The van der Waals surface area contributed by atoms with Crippen LogP contribution in [0.3, 0.4) is 0 Å². The number of amides is 3. The maximum Gasteiger partial charge on any atom is 0.261 e. The van der Waals surface area contributed by atoms with Crippen molar-refractivity contribution >= 4 is 17.7 Å². The molecule has 0 bridgehead atoms. The number of fused-ring (bicyclic) bond motifs is 1. The van der Waals surface area contributed by atoms with Gasteiger partial charge in [-0.05, 0) is 29.8 Å². The Morgan fingerprint density at radius 3 is 2.14 bits per heavy atom. The average Bonchev–Trinajstić information content (AvgIpc) is 3.34. The van der Waals surface area contributed by atoms with Gasteiger partial charge in [-0.1, -0.05) is 42.5 Å². The van der Waals surface area contributed by atoms with Gasteiger partial charge in [0.15, 0.2) is 0 Å². The third-order valence-corrected chi connectivity index (χ3v) is 4.71. The molecule has 0 fully saturated rings. The Labute approximate surface area is 161 Å². The number of nitrogens with zero attached hydrogens (tertiary/aromatic N) is 1. The summed E-state index contributed by atoms with van der Waals surface area (Å²) in [7, 11) is 0. The molecule has 6 heteroatoms. The number of benzene rings is 2. The molecule has 1 aliphatic rings. The van der Waals surface area contributed by atoms with E-state index >= 15 is 0 Å². The van der Waals surface area contributed by atoms with Gasteiger partial charge in [0.05, 0.1) is 17.4 Å². The highest BCUT2D eigenvalue weighted by Crippen LogP contribution is 2.24. The molecule has 0 unspecified atom stereocenters. The van der Waals surface area contributed by atoms with Crippen LogP contribution in [0.15, 0.2) is 77.4 Å². The van der Waals surface area contributed by atoms with Crippen LogP contribution in [-0.4, -0.2) is 29.2 Å². The van der Waals surface area contributed by atoms with E-state index < -0.39 is 6.04 Å². The molecule has 140 valence electrons. The van der Waals surface area contributed by atoms with Crippen molar-refractivity contribution < 1.29 is 18.8 Å². The van der Waals surface area contributed by atoms with Gasteiger partial charge >= 0.3 is 0 Å². The highest BCUT2D eigenvalue weighted by Gasteiger charge is 2.35. The van der Waals surface area contributed by atoms with E-state index in [-0.39, 0.29) is 30.7 Å². The van der Waals surface area contributed by atoms with Crippen LogP contribution in [0.1, 0.15) is 44.5 Å². The number of rotatable bonds is 6. The Kier molecular flexibility index (Phi) is 4.76. The van der Waals surface area contributed by atoms with Gasteiger partial charge in [-0.15, -0.1) is 0 Å². The molecule has 0 saturated carbocycles. The van der Waals surface area contributed by atoms with E-state index in [0.717, 1.165) is 10.5 Å². The van der Waals surface area contributed by atoms with Crippen LogP contribution in [0.2, 0.25) is 0 Å². The number of carbonyl (C=O) groups is 3. The van der Waals surface area contributed by atoms with Crippen molar-refractivity contribution in [2.75, 3.05) is 6.54 Å². The molecule has 0 aliphatic carbocycles. The van der Waals surface area contributed by atoms with Crippen LogP contribution in [0.4, 0.5) is 0 Å². The molecule has 1 N–H and O–H groups in total. The largest absolute Gasteiger partial charge is 0.467 e. The first-order valence-electron chi connectivity index (χ1n) is 8.98. The van der Waals surface area contributed by atoms with E-state index in [9.17, 15) is 14.4 Å². The molecule has 0 spiro atoms. The summed E-state index contributed by atoms with van der Waals surface area (Å²) in [6.07, 6.45) is 1.56. The lowest BCUT2D eigenvalue weighted by Gasteiger charge is -2.18. The summed E-state index contributed by atoms with van der Waals surface area (Å²) in [5, 5.41) is 2.93. The molecule has 3 aromatic rings. The molecule has 28 heavy (non-hydrogen) atoms. The van der Waals surface area contributed by atoms with E-state index in [1.54, 1.807) is 42.7 Å². The Hall–Kier alpha value is -3.67. The minimum absolute atomic E-state index is 0.00944. The van der Waals surface area contributed by atoms with Gasteiger partial charge in [-0.2, -0.15) is 0 Å². The highest BCUT2D eigenvalue weighted by molar-refractivity contribution is 6.21. The molecule has 1 aliphatic heterocycles. The van der Waals surface area contributed by atoms with E-state index in [1.807, 2.05) is 30.3 Å². The fourth-order valence-electron chi connectivity index (χ4n) is 3.31. The summed E-state index contributed by atoms with van der Waals surface area (Å²) < 4.78 is 5.47. The third-order valence-electron chi connectivity index (χ3n) is 4.71. The molecule has 4 rings (SSSR count). The molecule has 6 nitrogen and oxygen atoms in total. The van der Waals surface area contributed by atoms with Crippen molar-refractivity contribution in [2.24, 2.45) is 0 Å². The first-order valence-corrected chi connectivity index (χ1v) is 8.98. The standard InChI is InChI=1S/C22H18N2O4/c25-19(12-13-24-21(26)16-9-4-5-10-17(16)22(24)27)23-20(18-11-6-14-28-18)15-7-2-1-3-8-15/h1-11,14,20H,12-13H2,(H,23,25)/t20-/m1/s1. The summed E-state index contributed by atoms with van der Waals surface area (Å²) in [5.74, 6) is -0.389. The number of hydrogen-bond acceptors (Lipinski definition) is 4. The summed E-state index contributed by atoms with van der Waals surface area (Å²) in [6, 6.07) is 19.3. The summed E-state index contributed by atoms with van der Waals surface area (Å²) in [6.45, 7) is 0.0256. The van der Waals surface area contributed by atoms with Crippen molar-refractivity contribution in [3.8, 4) is 0 Å². The second-order valence-electron chi connectivity index (χ2n) is 6.48. The minimum Gasteiger partial charge on any atom is -0.467 e. The lowest BCUT2D eigenvalue weighted by Crippen LogP contribution is -2.36. The van der Waals surface area contributed by atoms with Crippen LogP contribution in [-0.2, 0) is 4.79 Å². The van der Waals surface area contributed by atoms with Crippen LogP contribution in [0.5, 0.6) is 0 Å². The van der Waals surface area contributed by atoms with Crippen LogP contribution >= 0.6 is 0 Å². The molecule has 0 radical (unpaired) electrons. The van der Waals surface area contributed by atoms with E-state index in [1.165, 1.54) is 0 Å². The van der Waals surface area contributed by atoms with Crippen molar-refractivity contribution in [3.63, 3.8) is 0 Å². The molecular formula is C22H18N2O4. The monoisotopic (exact) mass is 374 g/mol. The second-order valence-corrected chi connectivity index (χ2v) is 6.48. The normalized spacial score (nSPS) is 14.1. The number of imide groups is 1. The molecule has 2 aromatic carbocycles. The molecule has 0 saturated heterocycles. The fraction of sp³-hybridized carbons (Fsp3) is 0.136. The predicted molar refractivity (Wildman–Crippen MR) is 102 cm³/mol. The number of nitrogens with one attached hydrogen (secondary N) is 1. The first kappa shape index (κ1) is 17.7. The first-order chi connectivity index (χ1) is 13.6. The second kappa shape index (κ2) is 7.52. The third kappa shape index (κ3) is 3.32. The van der Waals surface area contributed by atoms with Crippen molar-refractivity contribution in [3.05, 3.63) is 95.4 Å². The zero-order chi connectivity index (χ0) is 19.5. The van der Waals surface area contributed by atoms with Crippen molar-refractivity contribution in [1.82, 2.24) is 10.2 Å². The SMILES string of the molecule is O=C(CCN1C(=O)c2ccccc2C1=O)N[C@H](c1ccccc1)c1ccco1. The fourth-order valence-corrected chi connectivity index (χ4v) is 3.31.